The second-order valence-electron chi connectivity index (χ2n) is 4.17. The molecule has 0 aliphatic carbocycles. The minimum absolute atomic E-state index is 0.132. The van der Waals surface area contributed by atoms with Crippen LogP contribution in [0, 0.1) is 6.92 Å². The van der Waals surface area contributed by atoms with E-state index < -0.39 is 0 Å². The van der Waals surface area contributed by atoms with Gasteiger partial charge in [-0.25, -0.2) is 0 Å². The van der Waals surface area contributed by atoms with Gasteiger partial charge in [-0.15, -0.1) is 0 Å². The predicted molar refractivity (Wildman–Crippen MR) is 66.1 cm³/mol. The minimum atomic E-state index is 0.132. The predicted octanol–water partition coefficient (Wildman–Crippen LogP) is 2.01. The fourth-order valence-electron chi connectivity index (χ4n) is 1.76. The highest BCUT2D eigenvalue weighted by atomic mass is 16.3. The third kappa shape index (κ3) is 2.83. The van der Waals surface area contributed by atoms with Gasteiger partial charge in [-0.1, -0.05) is 0 Å². The maximum Gasteiger partial charge on any atom is 0.150 e. The molecule has 3 heteroatoms. The average molecular weight is 221 g/mol. The maximum atomic E-state index is 10.7. The fraction of sp³-hybridized carbons (Fsp3) is 0.462. The molecule has 0 heterocycles. The third-order valence-corrected chi connectivity index (χ3v) is 2.68. The first-order valence-corrected chi connectivity index (χ1v) is 5.53. The van der Waals surface area contributed by atoms with Crippen molar-refractivity contribution in [2.45, 2.75) is 26.8 Å². The van der Waals surface area contributed by atoms with Gasteiger partial charge in [0.25, 0.3) is 0 Å². The summed E-state index contributed by atoms with van der Waals surface area (Å²) in [5, 5.41) is 9.02. The molecule has 3 nitrogen and oxygen atoms in total. The number of aryl methyl sites for hydroxylation is 1. The van der Waals surface area contributed by atoms with Gasteiger partial charge in [0.1, 0.15) is 6.29 Å². The Morgan fingerprint density at radius 3 is 2.56 bits per heavy atom. The molecule has 0 bridgehead atoms. The van der Waals surface area contributed by atoms with E-state index in [1.807, 2.05) is 25.1 Å². The molecule has 0 aliphatic rings. The smallest absolute Gasteiger partial charge is 0.150 e. The molecule has 0 radical (unpaired) electrons. The quantitative estimate of drug-likeness (QED) is 0.773. The number of anilines is 1. The van der Waals surface area contributed by atoms with Gasteiger partial charge in [0.15, 0.2) is 0 Å². The molecular weight excluding hydrogens is 202 g/mol. The van der Waals surface area contributed by atoms with Crippen LogP contribution >= 0.6 is 0 Å². The van der Waals surface area contributed by atoms with Crippen LogP contribution in [0.3, 0.4) is 0 Å². The van der Waals surface area contributed by atoms with Crippen LogP contribution in [-0.4, -0.2) is 30.6 Å². The molecule has 1 aromatic carbocycles. The van der Waals surface area contributed by atoms with Crippen LogP contribution in [0.1, 0.15) is 29.8 Å². The number of hydrogen-bond donors (Lipinski definition) is 1. The molecule has 0 aromatic heterocycles. The summed E-state index contributed by atoms with van der Waals surface area (Å²) in [4.78, 5) is 12.8. The Morgan fingerprint density at radius 1 is 1.44 bits per heavy atom. The first kappa shape index (κ1) is 12.7. The second kappa shape index (κ2) is 5.66. The Bertz CT molecular complexity index is 361. The van der Waals surface area contributed by atoms with Crippen LogP contribution in [0.15, 0.2) is 18.2 Å². The number of carbonyl (C=O) groups is 1. The van der Waals surface area contributed by atoms with E-state index in [0.29, 0.717) is 12.6 Å². The van der Waals surface area contributed by atoms with E-state index >= 15 is 0 Å². The van der Waals surface area contributed by atoms with Gasteiger partial charge in [0, 0.05) is 23.8 Å². The molecule has 0 atom stereocenters. The minimum Gasteiger partial charge on any atom is -0.395 e. The summed E-state index contributed by atoms with van der Waals surface area (Å²) in [6.07, 6.45) is 0.866. The molecule has 1 N–H and O–H groups in total. The molecule has 16 heavy (non-hydrogen) atoms. The molecular formula is C13H19NO2. The molecule has 1 aromatic rings. The van der Waals surface area contributed by atoms with Crippen LogP contribution in [-0.2, 0) is 0 Å². The van der Waals surface area contributed by atoms with Gasteiger partial charge < -0.3 is 10.0 Å². The van der Waals surface area contributed by atoms with Gasteiger partial charge in [0.2, 0.25) is 0 Å². The molecule has 0 amide bonds. The lowest BCUT2D eigenvalue weighted by Gasteiger charge is -2.28. The number of benzene rings is 1. The lowest BCUT2D eigenvalue weighted by Crippen LogP contribution is -2.33. The van der Waals surface area contributed by atoms with Crippen LogP contribution in [0.25, 0.3) is 0 Å². The van der Waals surface area contributed by atoms with Gasteiger partial charge >= 0.3 is 0 Å². The number of carbonyl (C=O) groups excluding carboxylic acids is 1. The summed E-state index contributed by atoms with van der Waals surface area (Å²) in [6, 6.07) is 6.06. The normalized spacial score (nSPS) is 10.6. The van der Waals surface area contributed by atoms with Crippen molar-refractivity contribution in [3.8, 4) is 0 Å². The van der Waals surface area contributed by atoms with Gasteiger partial charge in [-0.3, -0.25) is 4.79 Å². The molecule has 0 unspecified atom stereocenters. The van der Waals surface area contributed by atoms with Crippen molar-refractivity contribution in [3.05, 3.63) is 29.3 Å². The SMILES string of the molecule is Cc1cc(N(CCO)C(C)C)ccc1C=O. The van der Waals surface area contributed by atoms with Crippen LogP contribution in [0.4, 0.5) is 5.69 Å². The van der Waals surface area contributed by atoms with Crippen LogP contribution < -0.4 is 4.90 Å². The highest BCUT2D eigenvalue weighted by Gasteiger charge is 2.10. The van der Waals surface area contributed by atoms with Crippen molar-refractivity contribution in [1.29, 1.82) is 0 Å². The van der Waals surface area contributed by atoms with Gasteiger partial charge in [0.05, 0.1) is 6.61 Å². The number of aliphatic hydroxyl groups is 1. The Labute approximate surface area is 96.7 Å². The van der Waals surface area contributed by atoms with Crippen molar-refractivity contribution in [1.82, 2.24) is 0 Å². The highest BCUT2D eigenvalue weighted by Crippen LogP contribution is 2.20. The van der Waals surface area contributed by atoms with E-state index in [1.54, 1.807) is 0 Å². The molecule has 1 rings (SSSR count). The van der Waals surface area contributed by atoms with E-state index in [-0.39, 0.29) is 6.61 Å². The summed E-state index contributed by atoms with van der Waals surface area (Å²) in [5.41, 5.74) is 2.74. The molecule has 88 valence electrons. The van der Waals surface area contributed by atoms with Crippen LogP contribution in [0.2, 0.25) is 0 Å². The van der Waals surface area contributed by atoms with Crippen molar-refractivity contribution < 1.29 is 9.90 Å². The molecule has 0 spiro atoms. The van der Waals surface area contributed by atoms with Gasteiger partial charge in [-0.05, 0) is 44.5 Å². The number of aliphatic hydroxyl groups excluding tert-OH is 1. The number of aldehydes is 1. The summed E-state index contributed by atoms with van der Waals surface area (Å²) in [5.74, 6) is 0. The number of nitrogens with zero attached hydrogens (tertiary/aromatic N) is 1. The summed E-state index contributed by atoms with van der Waals surface area (Å²) >= 11 is 0. The molecule has 0 fully saturated rings. The van der Waals surface area contributed by atoms with E-state index in [9.17, 15) is 4.79 Å². The van der Waals surface area contributed by atoms with Crippen molar-refractivity contribution >= 4 is 12.0 Å². The first-order valence-electron chi connectivity index (χ1n) is 5.53. The zero-order valence-electron chi connectivity index (χ0n) is 10.1. The second-order valence-corrected chi connectivity index (χ2v) is 4.17. The Kier molecular flexibility index (Phi) is 4.50. The number of hydrogen-bond acceptors (Lipinski definition) is 3. The van der Waals surface area contributed by atoms with E-state index in [0.717, 1.165) is 23.1 Å². The van der Waals surface area contributed by atoms with Crippen molar-refractivity contribution in [2.75, 3.05) is 18.1 Å². The zero-order valence-corrected chi connectivity index (χ0v) is 10.1. The fourth-order valence-corrected chi connectivity index (χ4v) is 1.76. The molecule has 0 saturated carbocycles. The van der Waals surface area contributed by atoms with Crippen molar-refractivity contribution in [2.24, 2.45) is 0 Å². The molecule has 0 aliphatic heterocycles. The van der Waals surface area contributed by atoms with E-state index in [2.05, 4.69) is 18.7 Å². The zero-order chi connectivity index (χ0) is 12.1. The van der Waals surface area contributed by atoms with Crippen molar-refractivity contribution in [3.63, 3.8) is 0 Å². The topological polar surface area (TPSA) is 40.5 Å². The highest BCUT2D eigenvalue weighted by molar-refractivity contribution is 5.78. The van der Waals surface area contributed by atoms with E-state index in [4.69, 9.17) is 5.11 Å². The third-order valence-electron chi connectivity index (χ3n) is 2.68. The maximum absolute atomic E-state index is 10.7. The Morgan fingerprint density at radius 2 is 2.12 bits per heavy atom. The summed E-state index contributed by atoms with van der Waals surface area (Å²) in [6.45, 7) is 6.83. The lowest BCUT2D eigenvalue weighted by molar-refractivity contribution is 0.112. The van der Waals surface area contributed by atoms with Crippen LogP contribution in [0.5, 0.6) is 0 Å². The first-order chi connectivity index (χ1) is 7.60. The molecule has 0 saturated heterocycles. The average Bonchev–Trinajstić information content (AvgIpc) is 2.25. The van der Waals surface area contributed by atoms with Gasteiger partial charge in [-0.2, -0.15) is 0 Å². The lowest BCUT2D eigenvalue weighted by atomic mass is 10.1. The standard InChI is InChI=1S/C13H19NO2/c1-10(2)14(6-7-15)13-5-4-12(9-16)11(3)8-13/h4-5,8-10,15H,6-7H2,1-3H3. The monoisotopic (exact) mass is 221 g/mol. The summed E-state index contributed by atoms with van der Waals surface area (Å²) < 4.78 is 0. The Hall–Kier alpha value is -1.35. The summed E-state index contributed by atoms with van der Waals surface area (Å²) in [7, 11) is 0. The number of rotatable bonds is 5. The largest absolute Gasteiger partial charge is 0.395 e. The van der Waals surface area contributed by atoms with E-state index in [1.165, 1.54) is 0 Å². The Balaban J connectivity index is 3.01.